The van der Waals surface area contributed by atoms with Crippen LogP contribution < -0.4 is 14.8 Å². The first kappa shape index (κ1) is 19.3. The summed E-state index contributed by atoms with van der Waals surface area (Å²) >= 11 is 0. The molecule has 3 rings (SSSR count). The van der Waals surface area contributed by atoms with Gasteiger partial charge in [0.1, 0.15) is 5.75 Å². The van der Waals surface area contributed by atoms with E-state index in [2.05, 4.69) is 20.2 Å². The molecule has 28 heavy (non-hydrogen) atoms. The van der Waals surface area contributed by atoms with E-state index < -0.39 is 32.6 Å². The minimum absolute atomic E-state index is 0.0449. The van der Waals surface area contributed by atoms with Gasteiger partial charge in [-0.15, -0.1) is 0 Å². The Morgan fingerprint density at radius 2 is 1.75 bits per heavy atom. The van der Waals surface area contributed by atoms with Gasteiger partial charge in [0.2, 0.25) is 0 Å². The zero-order chi connectivity index (χ0) is 20.3. The van der Waals surface area contributed by atoms with Crippen LogP contribution >= 0.6 is 0 Å². The molecule has 0 atom stereocenters. The third-order valence-electron chi connectivity index (χ3n) is 3.64. The summed E-state index contributed by atoms with van der Waals surface area (Å²) < 4.78 is 58.7. The third kappa shape index (κ3) is 4.09. The topological polar surface area (TPSA) is 113 Å². The number of sulfonamides is 1. The lowest BCUT2D eigenvalue weighted by Gasteiger charge is -2.09. The minimum atomic E-state index is -4.18. The summed E-state index contributed by atoms with van der Waals surface area (Å²) in [5.41, 5.74) is -0.107. The van der Waals surface area contributed by atoms with Gasteiger partial charge in [-0.25, -0.2) is 8.78 Å². The lowest BCUT2D eigenvalue weighted by Crippen LogP contribution is -2.19. The molecule has 0 saturated heterocycles. The summed E-state index contributed by atoms with van der Waals surface area (Å²) in [4.78, 5) is 12.4. The largest absolute Gasteiger partial charge is 0.497 e. The highest BCUT2D eigenvalue weighted by Gasteiger charge is 2.25. The Morgan fingerprint density at radius 3 is 2.39 bits per heavy atom. The van der Waals surface area contributed by atoms with Gasteiger partial charge >= 0.3 is 0 Å². The van der Waals surface area contributed by atoms with Crippen LogP contribution in [0.15, 0.2) is 53.7 Å². The highest BCUT2D eigenvalue weighted by molar-refractivity contribution is 7.92. The molecule has 3 aromatic rings. The Hall–Kier alpha value is -3.47. The van der Waals surface area contributed by atoms with E-state index >= 15 is 0 Å². The van der Waals surface area contributed by atoms with E-state index in [4.69, 9.17) is 4.74 Å². The number of anilines is 2. The van der Waals surface area contributed by atoms with Crippen LogP contribution in [0.5, 0.6) is 5.75 Å². The fourth-order valence-corrected chi connectivity index (χ4v) is 3.43. The number of aromatic amines is 1. The molecule has 1 aromatic heterocycles. The molecule has 0 fully saturated rings. The Kier molecular flexibility index (Phi) is 5.27. The zero-order valence-electron chi connectivity index (χ0n) is 14.4. The number of amides is 1. The Bertz CT molecular complexity index is 1110. The highest BCUT2D eigenvalue weighted by atomic mass is 32.2. The molecule has 0 aliphatic heterocycles. The maximum absolute atomic E-state index is 13.3. The molecule has 0 unspecified atom stereocenters. The molecule has 0 bridgehead atoms. The number of halogens is 2. The van der Waals surface area contributed by atoms with Crippen molar-refractivity contribution >= 4 is 27.3 Å². The lowest BCUT2D eigenvalue weighted by atomic mass is 10.2. The number of nitrogens with one attached hydrogen (secondary N) is 3. The number of benzene rings is 2. The number of ether oxygens (including phenoxy) is 1. The van der Waals surface area contributed by atoms with Crippen LogP contribution in [-0.4, -0.2) is 31.6 Å². The van der Waals surface area contributed by atoms with E-state index in [1.165, 1.54) is 19.2 Å². The van der Waals surface area contributed by atoms with Crippen LogP contribution in [0.4, 0.5) is 20.2 Å². The van der Waals surface area contributed by atoms with E-state index in [-0.39, 0.29) is 16.9 Å². The summed E-state index contributed by atoms with van der Waals surface area (Å²) in [6.45, 7) is 0. The molecule has 0 aliphatic rings. The van der Waals surface area contributed by atoms with Crippen LogP contribution in [0.3, 0.4) is 0 Å². The SMILES string of the molecule is COc1ccc(NS(=O)(=O)c2[nH]ncc2C(=O)Nc2ccc(F)c(F)c2)cc1. The monoisotopic (exact) mass is 408 g/mol. The maximum Gasteiger partial charge on any atom is 0.279 e. The van der Waals surface area contributed by atoms with E-state index in [0.717, 1.165) is 24.4 Å². The molecule has 3 N–H and O–H groups in total. The second-order valence-corrected chi connectivity index (χ2v) is 7.15. The molecule has 1 amide bonds. The van der Waals surface area contributed by atoms with Gasteiger partial charge in [-0.2, -0.15) is 13.5 Å². The number of methoxy groups -OCH3 is 1. The van der Waals surface area contributed by atoms with Crippen LogP contribution in [0.2, 0.25) is 0 Å². The van der Waals surface area contributed by atoms with Gasteiger partial charge in [0.15, 0.2) is 16.7 Å². The number of nitrogens with zero attached hydrogens (tertiary/aromatic N) is 1. The molecule has 0 radical (unpaired) electrons. The van der Waals surface area contributed by atoms with Gasteiger partial charge in [0.05, 0.1) is 18.9 Å². The van der Waals surface area contributed by atoms with Gasteiger partial charge in [-0.05, 0) is 36.4 Å². The van der Waals surface area contributed by atoms with Crippen LogP contribution in [0, 0.1) is 11.6 Å². The predicted molar refractivity (Wildman–Crippen MR) is 96.7 cm³/mol. The van der Waals surface area contributed by atoms with Gasteiger partial charge in [-0.1, -0.05) is 0 Å². The van der Waals surface area contributed by atoms with Crippen molar-refractivity contribution in [1.82, 2.24) is 10.2 Å². The lowest BCUT2D eigenvalue weighted by molar-refractivity contribution is 0.102. The average molecular weight is 408 g/mol. The summed E-state index contributed by atoms with van der Waals surface area (Å²) in [5, 5.41) is 7.66. The van der Waals surface area contributed by atoms with Crippen LogP contribution in [-0.2, 0) is 10.0 Å². The Labute approximate surface area is 158 Å². The van der Waals surface area contributed by atoms with E-state index in [0.29, 0.717) is 5.75 Å². The summed E-state index contributed by atoms with van der Waals surface area (Å²) in [6.07, 6.45) is 1.01. The van der Waals surface area contributed by atoms with Crippen molar-refractivity contribution in [2.75, 3.05) is 17.1 Å². The van der Waals surface area contributed by atoms with Crippen molar-refractivity contribution in [3.05, 3.63) is 65.9 Å². The Balaban J connectivity index is 1.82. The number of carbonyl (C=O) groups excluding carboxylic acids is 1. The predicted octanol–water partition coefficient (Wildman–Crippen LogP) is 2.75. The molecule has 0 aliphatic carbocycles. The second kappa shape index (κ2) is 7.64. The summed E-state index contributed by atoms with van der Waals surface area (Å²) in [6, 6.07) is 8.82. The fraction of sp³-hybridized carbons (Fsp3) is 0.0588. The van der Waals surface area contributed by atoms with Crippen molar-refractivity contribution in [2.24, 2.45) is 0 Å². The molecule has 8 nitrogen and oxygen atoms in total. The van der Waals surface area contributed by atoms with Crippen molar-refractivity contribution in [3.63, 3.8) is 0 Å². The average Bonchev–Trinajstić information content (AvgIpc) is 3.16. The van der Waals surface area contributed by atoms with Crippen molar-refractivity contribution in [1.29, 1.82) is 0 Å². The summed E-state index contributed by atoms with van der Waals surface area (Å²) in [5.74, 6) is -2.56. The first-order valence-corrected chi connectivity index (χ1v) is 9.25. The Morgan fingerprint density at radius 1 is 1.07 bits per heavy atom. The molecule has 0 spiro atoms. The molecule has 2 aromatic carbocycles. The third-order valence-corrected chi connectivity index (χ3v) is 4.99. The smallest absolute Gasteiger partial charge is 0.279 e. The molecule has 1 heterocycles. The van der Waals surface area contributed by atoms with Crippen LogP contribution in [0.25, 0.3) is 0 Å². The van der Waals surface area contributed by atoms with Crippen LogP contribution in [0.1, 0.15) is 10.4 Å². The van der Waals surface area contributed by atoms with Gasteiger partial charge in [-0.3, -0.25) is 14.6 Å². The van der Waals surface area contributed by atoms with Gasteiger partial charge in [0.25, 0.3) is 15.9 Å². The molecule has 11 heteroatoms. The highest BCUT2D eigenvalue weighted by Crippen LogP contribution is 2.21. The number of carbonyl (C=O) groups is 1. The normalized spacial score (nSPS) is 11.1. The quantitative estimate of drug-likeness (QED) is 0.581. The molecular formula is C17H14F2N4O4S. The fourth-order valence-electron chi connectivity index (χ4n) is 2.28. The molecule has 0 saturated carbocycles. The van der Waals surface area contributed by atoms with E-state index in [9.17, 15) is 22.0 Å². The maximum atomic E-state index is 13.3. The van der Waals surface area contributed by atoms with Gasteiger partial charge < -0.3 is 10.1 Å². The number of rotatable bonds is 6. The standard InChI is InChI=1S/C17H14F2N4O4S/c1-27-12-5-2-10(3-6-12)23-28(25,26)17-13(9-20-22-17)16(24)21-11-4-7-14(18)15(19)8-11/h2-9,23H,1H3,(H,20,22)(H,21,24). The summed E-state index contributed by atoms with van der Waals surface area (Å²) in [7, 11) is -2.70. The van der Waals surface area contributed by atoms with Crippen molar-refractivity contribution in [3.8, 4) is 5.75 Å². The number of hydrogen-bond acceptors (Lipinski definition) is 5. The first-order chi connectivity index (χ1) is 13.3. The van der Waals surface area contributed by atoms with Gasteiger partial charge in [0, 0.05) is 17.4 Å². The minimum Gasteiger partial charge on any atom is -0.497 e. The second-order valence-electron chi connectivity index (χ2n) is 5.53. The number of hydrogen-bond donors (Lipinski definition) is 3. The molecular weight excluding hydrogens is 394 g/mol. The number of H-pyrrole nitrogens is 1. The number of aromatic nitrogens is 2. The van der Waals surface area contributed by atoms with E-state index in [1.54, 1.807) is 12.1 Å². The van der Waals surface area contributed by atoms with E-state index in [1.807, 2.05) is 0 Å². The first-order valence-electron chi connectivity index (χ1n) is 7.77. The van der Waals surface area contributed by atoms with Crippen molar-refractivity contribution < 1.29 is 26.7 Å². The van der Waals surface area contributed by atoms with Crippen molar-refractivity contribution in [2.45, 2.75) is 5.03 Å². The zero-order valence-corrected chi connectivity index (χ0v) is 15.2. The molecule has 146 valence electrons.